The lowest BCUT2D eigenvalue weighted by molar-refractivity contribution is 0.0805. The topological polar surface area (TPSA) is 15.3 Å². The molecule has 0 atom stereocenters. The summed E-state index contributed by atoms with van der Waals surface area (Å²) in [4.78, 5) is 2.46. The van der Waals surface area contributed by atoms with Gasteiger partial charge in [0.05, 0.1) is 0 Å². The van der Waals surface area contributed by atoms with Crippen LogP contribution in [0.15, 0.2) is 0 Å². The average molecular weight is 214 g/mol. The van der Waals surface area contributed by atoms with E-state index in [-0.39, 0.29) is 0 Å². The predicted octanol–water partition coefficient (Wildman–Crippen LogP) is 2.74. The van der Waals surface area contributed by atoms with Crippen molar-refractivity contribution in [3.8, 4) is 0 Å². The summed E-state index contributed by atoms with van der Waals surface area (Å²) in [5, 5.41) is 3.50. The Morgan fingerprint density at radius 1 is 1.07 bits per heavy atom. The van der Waals surface area contributed by atoms with E-state index in [1.807, 2.05) is 13.8 Å². The van der Waals surface area contributed by atoms with E-state index < -0.39 is 0 Å². The number of rotatable bonds is 0. The van der Waals surface area contributed by atoms with E-state index in [9.17, 15) is 0 Å². The summed E-state index contributed by atoms with van der Waals surface area (Å²) in [5.74, 6) is 0. The summed E-state index contributed by atoms with van der Waals surface area (Å²) < 4.78 is 0. The average Bonchev–Trinajstić information content (AvgIpc) is 2.12. The molecular formula is C13H30N2. The Labute approximate surface area is 96.4 Å². The van der Waals surface area contributed by atoms with Crippen LogP contribution in [0.3, 0.4) is 0 Å². The van der Waals surface area contributed by atoms with Crippen LogP contribution in [0, 0.1) is 5.41 Å². The molecule has 0 unspecified atom stereocenters. The third kappa shape index (κ3) is 4.98. The van der Waals surface area contributed by atoms with Crippen LogP contribution >= 0.6 is 0 Å². The van der Waals surface area contributed by atoms with E-state index in [0.717, 1.165) is 19.6 Å². The Bertz CT molecular complexity index is 173. The molecule has 0 saturated carbocycles. The second-order valence-corrected chi connectivity index (χ2v) is 5.75. The third-order valence-corrected chi connectivity index (χ3v) is 3.17. The van der Waals surface area contributed by atoms with Gasteiger partial charge in [0.1, 0.15) is 0 Å². The first-order valence-electron chi connectivity index (χ1n) is 6.25. The molecule has 0 spiro atoms. The monoisotopic (exact) mass is 214 g/mol. The minimum Gasteiger partial charge on any atom is -0.315 e. The first-order chi connectivity index (χ1) is 6.83. The maximum Gasteiger partial charge on any atom is 0.0156 e. The Hall–Kier alpha value is -0.0800. The van der Waals surface area contributed by atoms with Crippen LogP contribution in [0.4, 0.5) is 0 Å². The fourth-order valence-electron chi connectivity index (χ4n) is 2.34. The molecule has 0 aromatic heterocycles. The highest BCUT2D eigenvalue weighted by molar-refractivity contribution is 4.89. The van der Waals surface area contributed by atoms with Gasteiger partial charge in [0.2, 0.25) is 0 Å². The van der Waals surface area contributed by atoms with E-state index in [1.165, 1.54) is 6.42 Å². The van der Waals surface area contributed by atoms with Crippen molar-refractivity contribution in [1.82, 2.24) is 10.2 Å². The molecule has 1 aliphatic rings. The van der Waals surface area contributed by atoms with E-state index in [0.29, 0.717) is 11.0 Å². The molecule has 1 N–H and O–H groups in total. The summed E-state index contributed by atoms with van der Waals surface area (Å²) in [6.07, 6.45) is 1.25. The van der Waals surface area contributed by atoms with E-state index in [2.05, 4.69) is 45.0 Å². The van der Waals surface area contributed by atoms with E-state index >= 15 is 0 Å². The number of hydrogen-bond acceptors (Lipinski definition) is 2. The highest BCUT2D eigenvalue weighted by Crippen LogP contribution is 2.31. The quantitative estimate of drug-likeness (QED) is 0.667. The van der Waals surface area contributed by atoms with Crippen LogP contribution in [0.2, 0.25) is 0 Å². The SMILES string of the molecule is CC.CN1CCNCC(C)(C)CC1(C)C. The first kappa shape index (κ1) is 14.9. The molecule has 1 fully saturated rings. The molecule has 0 aromatic rings. The van der Waals surface area contributed by atoms with Gasteiger partial charge in [-0.25, -0.2) is 0 Å². The zero-order valence-corrected chi connectivity index (χ0v) is 11.8. The molecule has 1 aliphatic heterocycles. The smallest absolute Gasteiger partial charge is 0.0156 e. The third-order valence-electron chi connectivity index (χ3n) is 3.17. The van der Waals surface area contributed by atoms with Crippen molar-refractivity contribution in [2.24, 2.45) is 5.41 Å². The van der Waals surface area contributed by atoms with Crippen molar-refractivity contribution in [2.75, 3.05) is 26.7 Å². The molecule has 0 aliphatic carbocycles. The van der Waals surface area contributed by atoms with Crippen LogP contribution in [-0.2, 0) is 0 Å². The summed E-state index contributed by atoms with van der Waals surface area (Å²) in [7, 11) is 2.23. The second kappa shape index (κ2) is 5.86. The van der Waals surface area contributed by atoms with Crippen molar-refractivity contribution in [3.05, 3.63) is 0 Å². The maximum atomic E-state index is 3.50. The summed E-state index contributed by atoms with van der Waals surface area (Å²) >= 11 is 0. The molecule has 0 radical (unpaired) electrons. The molecule has 1 heterocycles. The van der Waals surface area contributed by atoms with Crippen LogP contribution in [0.5, 0.6) is 0 Å². The fourth-order valence-corrected chi connectivity index (χ4v) is 2.34. The van der Waals surface area contributed by atoms with Gasteiger partial charge >= 0.3 is 0 Å². The van der Waals surface area contributed by atoms with Gasteiger partial charge in [0, 0.05) is 25.2 Å². The summed E-state index contributed by atoms with van der Waals surface area (Å²) in [6, 6.07) is 0. The zero-order valence-electron chi connectivity index (χ0n) is 11.8. The van der Waals surface area contributed by atoms with Crippen LogP contribution in [0.1, 0.15) is 48.0 Å². The normalized spacial score (nSPS) is 25.8. The van der Waals surface area contributed by atoms with E-state index in [1.54, 1.807) is 0 Å². The van der Waals surface area contributed by atoms with Crippen LogP contribution in [-0.4, -0.2) is 37.1 Å². The Morgan fingerprint density at radius 2 is 1.60 bits per heavy atom. The lowest BCUT2D eigenvalue weighted by atomic mass is 9.78. The molecule has 1 rings (SSSR count). The first-order valence-corrected chi connectivity index (χ1v) is 6.25. The number of nitrogens with one attached hydrogen (secondary N) is 1. The van der Waals surface area contributed by atoms with E-state index in [4.69, 9.17) is 0 Å². The number of nitrogens with zero attached hydrogens (tertiary/aromatic N) is 1. The predicted molar refractivity (Wildman–Crippen MR) is 69.3 cm³/mol. The van der Waals surface area contributed by atoms with Crippen molar-refractivity contribution >= 4 is 0 Å². The van der Waals surface area contributed by atoms with Gasteiger partial charge in [-0.05, 0) is 32.7 Å². The molecule has 2 nitrogen and oxygen atoms in total. The highest BCUT2D eigenvalue weighted by Gasteiger charge is 2.32. The minimum atomic E-state index is 0.339. The second-order valence-electron chi connectivity index (χ2n) is 5.75. The Balaban J connectivity index is 0.000000921. The fraction of sp³-hybridized carbons (Fsp3) is 1.00. The van der Waals surface area contributed by atoms with Gasteiger partial charge in [-0.3, -0.25) is 4.90 Å². The zero-order chi connectivity index (χ0) is 12.1. The number of hydrogen-bond donors (Lipinski definition) is 1. The largest absolute Gasteiger partial charge is 0.315 e. The van der Waals surface area contributed by atoms with Gasteiger partial charge in [-0.15, -0.1) is 0 Å². The highest BCUT2D eigenvalue weighted by atomic mass is 15.2. The van der Waals surface area contributed by atoms with Gasteiger partial charge in [0.25, 0.3) is 0 Å². The molecule has 0 aromatic carbocycles. The van der Waals surface area contributed by atoms with Crippen molar-refractivity contribution in [2.45, 2.75) is 53.5 Å². The molecule has 2 heteroatoms. The van der Waals surface area contributed by atoms with Crippen LogP contribution < -0.4 is 5.32 Å². The maximum absolute atomic E-state index is 3.50. The molecule has 92 valence electrons. The molecular weight excluding hydrogens is 184 g/mol. The van der Waals surface area contributed by atoms with Crippen molar-refractivity contribution in [3.63, 3.8) is 0 Å². The van der Waals surface area contributed by atoms with Gasteiger partial charge < -0.3 is 5.32 Å². The van der Waals surface area contributed by atoms with Gasteiger partial charge in [-0.1, -0.05) is 27.7 Å². The molecule has 1 saturated heterocycles. The summed E-state index contributed by atoms with van der Waals surface area (Å²) in [5.41, 5.74) is 0.754. The van der Waals surface area contributed by atoms with Gasteiger partial charge in [-0.2, -0.15) is 0 Å². The molecule has 0 bridgehead atoms. The molecule has 0 amide bonds. The minimum absolute atomic E-state index is 0.339. The lowest BCUT2D eigenvalue weighted by Gasteiger charge is -2.43. The van der Waals surface area contributed by atoms with Crippen molar-refractivity contribution < 1.29 is 0 Å². The Morgan fingerprint density at radius 3 is 2.13 bits per heavy atom. The van der Waals surface area contributed by atoms with Crippen LogP contribution in [0.25, 0.3) is 0 Å². The van der Waals surface area contributed by atoms with Crippen molar-refractivity contribution in [1.29, 1.82) is 0 Å². The summed E-state index contributed by atoms with van der Waals surface area (Å²) in [6.45, 7) is 16.8. The molecule has 15 heavy (non-hydrogen) atoms. The Kier molecular flexibility index (Phi) is 5.82. The number of likely N-dealkylation sites (N-methyl/N-ethyl adjacent to an activating group) is 1. The lowest BCUT2D eigenvalue weighted by Crippen LogP contribution is -2.51. The standard InChI is InChI=1S/C11H24N2.C2H6/c1-10(2)8-11(3,4)13(5)7-6-12-9-10;1-2/h12H,6-9H2,1-5H3;1-2H3. The van der Waals surface area contributed by atoms with Gasteiger partial charge in [0.15, 0.2) is 0 Å².